The summed E-state index contributed by atoms with van der Waals surface area (Å²) in [4.78, 5) is 0. The van der Waals surface area contributed by atoms with E-state index in [-0.39, 0.29) is 17.6 Å². The molecule has 90 valence electrons. The van der Waals surface area contributed by atoms with Crippen LogP contribution in [-0.4, -0.2) is 16.1 Å². The largest absolute Gasteiger partial charge is 0.423 e. The molecule has 0 unspecified atom stereocenters. The normalized spacial score (nSPS) is 12.1. The van der Waals surface area contributed by atoms with Gasteiger partial charge in [-0.1, -0.05) is 0 Å². The third-order valence-corrected chi connectivity index (χ3v) is 3.74. The maximum absolute atomic E-state index is 13.3. The third kappa shape index (κ3) is 3.35. The monoisotopic (exact) mass is 248 g/mol. The van der Waals surface area contributed by atoms with Crippen molar-refractivity contribution < 1.29 is 17.6 Å². The van der Waals surface area contributed by atoms with Gasteiger partial charge in [-0.2, -0.15) is 0 Å². The van der Waals surface area contributed by atoms with Crippen LogP contribution in [0.2, 0.25) is 0 Å². The Morgan fingerprint density at radius 2 is 1.69 bits per heavy atom. The van der Waals surface area contributed by atoms with E-state index in [0.717, 1.165) is 0 Å². The van der Waals surface area contributed by atoms with E-state index in [1.54, 1.807) is 0 Å². The molecular formula is C11H15F3OSi. The molecule has 0 aliphatic rings. The molecule has 0 saturated heterocycles. The number of hydrogen-bond donors (Lipinski definition) is 0. The standard InChI is InChI=1S/C11H15F3OSi/c1-11(2,15-16)4-3-8-9(13)5-7(12)6-10(8)14/h5-6H,3-4H2,1-2,16H3. The quantitative estimate of drug-likeness (QED) is 0.742. The van der Waals surface area contributed by atoms with Gasteiger partial charge in [-0.15, -0.1) is 0 Å². The summed E-state index contributed by atoms with van der Waals surface area (Å²) >= 11 is 0. The molecule has 1 aromatic carbocycles. The van der Waals surface area contributed by atoms with E-state index in [9.17, 15) is 13.2 Å². The zero-order valence-electron chi connectivity index (χ0n) is 9.61. The number of hydrogen-bond acceptors (Lipinski definition) is 1. The van der Waals surface area contributed by atoms with Crippen molar-refractivity contribution in [1.82, 2.24) is 0 Å². The van der Waals surface area contributed by atoms with Gasteiger partial charge in [-0.25, -0.2) is 13.2 Å². The Labute approximate surface area is 96.2 Å². The molecule has 0 aliphatic heterocycles. The van der Waals surface area contributed by atoms with E-state index >= 15 is 0 Å². The first-order valence-corrected chi connectivity index (χ1v) is 5.86. The van der Waals surface area contributed by atoms with Gasteiger partial charge in [0.15, 0.2) is 0 Å². The van der Waals surface area contributed by atoms with E-state index in [0.29, 0.717) is 29.0 Å². The average molecular weight is 248 g/mol. The van der Waals surface area contributed by atoms with Crippen LogP contribution in [0.1, 0.15) is 25.8 Å². The molecule has 0 spiro atoms. The molecule has 0 radical (unpaired) electrons. The van der Waals surface area contributed by atoms with Gasteiger partial charge >= 0.3 is 0 Å². The molecule has 1 aromatic rings. The van der Waals surface area contributed by atoms with Gasteiger partial charge in [0.1, 0.15) is 27.9 Å². The fourth-order valence-corrected chi connectivity index (χ4v) is 1.54. The van der Waals surface area contributed by atoms with E-state index in [1.807, 2.05) is 13.8 Å². The van der Waals surface area contributed by atoms with Crippen LogP contribution in [0.15, 0.2) is 12.1 Å². The molecule has 0 fully saturated rings. The van der Waals surface area contributed by atoms with Crippen LogP contribution in [0.4, 0.5) is 13.2 Å². The van der Waals surface area contributed by atoms with E-state index in [4.69, 9.17) is 4.43 Å². The molecule has 0 N–H and O–H groups in total. The lowest BCUT2D eigenvalue weighted by Crippen LogP contribution is -2.24. The second-order valence-corrected chi connectivity index (χ2v) is 4.72. The van der Waals surface area contributed by atoms with Gasteiger partial charge < -0.3 is 4.43 Å². The van der Waals surface area contributed by atoms with Crippen molar-refractivity contribution in [2.24, 2.45) is 0 Å². The predicted molar refractivity (Wildman–Crippen MR) is 59.7 cm³/mol. The molecule has 0 aliphatic carbocycles. The topological polar surface area (TPSA) is 9.23 Å². The maximum atomic E-state index is 13.3. The van der Waals surface area contributed by atoms with E-state index in [1.165, 1.54) is 0 Å². The minimum Gasteiger partial charge on any atom is -0.423 e. The van der Waals surface area contributed by atoms with Crippen molar-refractivity contribution in [1.29, 1.82) is 0 Å². The maximum Gasteiger partial charge on any atom is 0.146 e. The van der Waals surface area contributed by atoms with Crippen molar-refractivity contribution in [3.63, 3.8) is 0 Å². The molecule has 0 atom stereocenters. The third-order valence-electron chi connectivity index (χ3n) is 2.64. The first-order valence-electron chi connectivity index (χ1n) is 5.04. The highest BCUT2D eigenvalue weighted by atomic mass is 28.2. The van der Waals surface area contributed by atoms with Crippen molar-refractivity contribution in [3.05, 3.63) is 35.1 Å². The van der Waals surface area contributed by atoms with Crippen molar-refractivity contribution in [2.45, 2.75) is 32.3 Å². The van der Waals surface area contributed by atoms with E-state index in [2.05, 4.69) is 0 Å². The number of benzene rings is 1. The minimum absolute atomic E-state index is 0.0757. The van der Waals surface area contributed by atoms with Crippen LogP contribution >= 0.6 is 0 Å². The summed E-state index contributed by atoms with van der Waals surface area (Å²) in [5, 5.41) is 0. The van der Waals surface area contributed by atoms with Gasteiger partial charge in [0.05, 0.1) is 0 Å². The van der Waals surface area contributed by atoms with Crippen LogP contribution in [0.3, 0.4) is 0 Å². The summed E-state index contributed by atoms with van der Waals surface area (Å²) in [6.45, 7) is 3.72. The first-order chi connectivity index (χ1) is 7.35. The molecule has 0 saturated carbocycles. The Morgan fingerprint density at radius 3 is 2.12 bits per heavy atom. The van der Waals surface area contributed by atoms with Gasteiger partial charge in [0.2, 0.25) is 0 Å². The summed E-state index contributed by atoms with van der Waals surface area (Å²) in [7, 11) is 0.571. The fraction of sp³-hybridized carbons (Fsp3) is 0.455. The SMILES string of the molecule is CC(C)(CCc1c(F)cc(F)cc1F)O[SiH3]. The summed E-state index contributed by atoms with van der Waals surface area (Å²) in [5.41, 5.74) is -0.465. The summed E-state index contributed by atoms with van der Waals surface area (Å²) < 4.78 is 44.5. The Hall–Kier alpha value is -0.813. The lowest BCUT2D eigenvalue weighted by molar-refractivity contribution is 0.113. The van der Waals surface area contributed by atoms with Gasteiger partial charge in [-0.05, 0) is 26.7 Å². The fourth-order valence-electron chi connectivity index (χ4n) is 1.34. The van der Waals surface area contributed by atoms with Crippen molar-refractivity contribution in [2.75, 3.05) is 0 Å². The molecule has 1 rings (SSSR count). The Kier molecular flexibility index (Phi) is 4.15. The second kappa shape index (κ2) is 5.01. The van der Waals surface area contributed by atoms with Gasteiger partial charge in [0.25, 0.3) is 0 Å². The molecule has 0 amide bonds. The molecule has 5 heteroatoms. The number of halogens is 3. The Morgan fingerprint density at radius 1 is 1.19 bits per heavy atom. The average Bonchev–Trinajstić information content (AvgIpc) is 2.16. The highest BCUT2D eigenvalue weighted by molar-refractivity contribution is 5.98. The molecule has 1 nitrogen and oxygen atoms in total. The second-order valence-electron chi connectivity index (χ2n) is 4.31. The van der Waals surface area contributed by atoms with Crippen LogP contribution in [0.5, 0.6) is 0 Å². The smallest absolute Gasteiger partial charge is 0.146 e. The van der Waals surface area contributed by atoms with Crippen LogP contribution in [-0.2, 0) is 10.8 Å². The zero-order chi connectivity index (χ0) is 12.3. The van der Waals surface area contributed by atoms with Crippen LogP contribution in [0.25, 0.3) is 0 Å². The highest BCUT2D eigenvalue weighted by Crippen LogP contribution is 2.21. The summed E-state index contributed by atoms with van der Waals surface area (Å²) in [5.74, 6) is -2.56. The molecule has 0 heterocycles. The number of rotatable bonds is 4. The van der Waals surface area contributed by atoms with Gasteiger partial charge in [0, 0.05) is 23.3 Å². The molecule has 0 bridgehead atoms. The Bertz CT molecular complexity index is 356. The lowest BCUT2D eigenvalue weighted by atomic mass is 9.98. The van der Waals surface area contributed by atoms with Crippen molar-refractivity contribution in [3.8, 4) is 0 Å². The summed E-state index contributed by atoms with van der Waals surface area (Å²) in [6, 6.07) is 1.40. The van der Waals surface area contributed by atoms with Crippen LogP contribution in [0, 0.1) is 17.5 Å². The molecule has 0 aromatic heterocycles. The molecule has 16 heavy (non-hydrogen) atoms. The lowest BCUT2D eigenvalue weighted by Gasteiger charge is -2.23. The Balaban J connectivity index is 2.82. The van der Waals surface area contributed by atoms with E-state index < -0.39 is 17.5 Å². The molecular weight excluding hydrogens is 233 g/mol. The highest BCUT2D eigenvalue weighted by Gasteiger charge is 2.18. The van der Waals surface area contributed by atoms with Gasteiger partial charge in [-0.3, -0.25) is 0 Å². The predicted octanol–water partition coefficient (Wildman–Crippen LogP) is 2.11. The first kappa shape index (κ1) is 13.3. The van der Waals surface area contributed by atoms with Crippen molar-refractivity contribution >= 4 is 10.5 Å². The summed E-state index contributed by atoms with van der Waals surface area (Å²) in [6.07, 6.45) is 0.698. The van der Waals surface area contributed by atoms with Crippen LogP contribution < -0.4 is 0 Å². The minimum atomic E-state index is -0.892. The zero-order valence-corrected chi connectivity index (χ0v) is 11.6.